The van der Waals surface area contributed by atoms with Crippen molar-refractivity contribution in [2.75, 3.05) is 7.11 Å². The van der Waals surface area contributed by atoms with Crippen LogP contribution in [0.1, 0.15) is 16.7 Å². The molecule has 0 radical (unpaired) electrons. The zero-order chi connectivity index (χ0) is 19.0. The molecule has 0 aliphatic rings. The summed E-state index contributed by atoms with van der Waals surface area (Å²) in [6, 6.07) is 17.3. The number of aryl methyl sites for hydroxylation is 1. The third-order valence-electron chi connectivity index (χ3n) is 4.50. The van der Waals surface area contributed by atoms with Gasteiger partial charge in [0.1, 0.15) is 19.2 Å². The summed E-state index contributed by atoms with van der Waals surface area (Å²) in [6.45, 7) is 2.02. The number of hydrogen-bond donors (Lipinski definition) is 0. The molecular weight excluding hydrogens is 340 g/mol. The summed E-state index contributed by atoms with van der Waals surface area (Å²) in [6.07, 6.45) is 1.57. The summed E-state index contributed by atoms with van der Waals surface area (Å²) >= 11 is 0. The topological polar surface area (TPSA) is 87.8 Å². The lowest BCUT2D eigenvalue weighted by molar-refractivity contribution is 0.183. The molecule has 0 spiro atoms. The van der Waals surface area contributed by atoms with Gasteiger partial charge in [-0.05, 0) is 19.1 Å². The molecule has 4 rings (SSSR count). The first kappa shape index (κ1) is 16.4. The Morgan fingerprint density at radius 2 is 1.74 bits per heavy atom. The molecule has 0 fully saturated rings. The summed E-state index contributed by atoms with van der Waals surface area (Å²) in [7, 11) is 1.56. The number of fused-ring (bicyclic) bond motifs is 1. The van der Waals surface area contributed by atoms with Crippen molar-refractivity contribution in [3.05, 3.63) is 65.4 Å². The van der Waals surface area contributed by atoms with Crippen molar-refractivity contribution in [2.45, 2.75) is 6.92 Å². The van der Waals surface area contributed by atoms with Crippen molar-refractivity contribution in [1.29, 1.82) is 10.5 Å². The van der Waals surface area contributed by atoms with E-state index < -0.39 is 0 Å². The Morgan fingerprint density at radius 1 is 1.04 bits per heavy atom. The molecule has 130 valence electrons. The number of hydrogen-bond acceptors (Lipinski definition) is 5. The van der Waals surface area contributed by atoms with Crippen LogP contribution in [-0.2, 0) is 0 Å². The summed E-state index contributed by atoms with van der Waals surface area (Å²) in [5.74, 6) is 0.556. The highest BCUT2D eigenvalue weighted by Crippen LogP contribution is 2.41. The van der Waals surface area contributed by atoms with Gasteiger partial charge in [0.05, 0.1) is 34.1 Å². The Bertz CT molecular complexity index is 1220. The molecule has 4 aromatic rings. The summed E-state index contributed by atoms with van der Waals surface area (Å²) in [4.78, 5) is 5.66. The van der Waals surface area contributed by atoms with Crippen LogP contribution < -0.4 is 4.84 Å². The van der Waals surface area contributed by atoms with E-state index in [1.54, 1.807) is 36.2 Å². The number of aromatic nitrogens is 2. The number of benzene rings is 2. The average Bonchev–Trinajstić information content (AvgIpc) is 3.32. The van der Waals surface area contributed by atoms with Gasteiger partial charge >= 0.3 is 0 Å². The molecular formula is C21H14N4O2. The molecule has 27 heavy (non-hydrogen) atoms. The number of rotatable bonds is 3. The summed E-state index contributed by atoms with van der Waals surface area (Å²) in [5.41, 5.74) is 4.85. The second kappa shape index (κ2) is 6.36. The van der Waals surface area contributed by atoms with Crippen LogP contribution in [0.2, 0.25) is 0 Å². The van der Waals surface area contributed by atoms with E-state index in [1.165, 1.54) is 0 Å². The van der Waals surface area contributed by atoms with Gasteiger partial charge < -0.3 is 9.36 Å². The summed E-state index contributed by atoms with van der Waals surface area (Å²) in [5, 5.41) is 23.4. The van der Waals surface area contributed by atoms with Crippen molar-refractivity contribution in [3.63, 3.8) is 0 Å². The molecule has 0 saturated heterocycles. The van der Waals surface area contributed by atoms with Crippen LogP contribution >= 0.6 is 0 Å². The third kappa shape index (κ3) is 2.52. The van der Waals surface area contributed by atoms with Crippen LogP contribution in [0.15, 0.2) is 53.2 Å². The molecule has 0 aliphatic carbocycles. The predicted octanol–water partition coefficient (Wildman–Crippen LogP) is 4.07. The molecule has 0 atom stereocenters. The van der Waals surface area contributed by atoms with Gasteiger partial charge in [0, 0.05) is 17.0 Å². The first-order valence-corrected chi connectivity index (χ1v) is 8.23. The highest BCUT2D eigenvalue weighted by molar-refractivity contribution is 6.04. The quantitative estimate of drug-likeness (QED) is 0.553. The van der Waals surface area contributed by atoms with E-state index in [0.717, 1.165) is 27.8 Å². The van der Waals surface area contributed by atoms with Gasteiger partial charge in [0.2, 0.25) is 0 Å². The van der Waals surface area contributed by atoms with Gasteiger partial charge in [0.25, 0.3) is 0 Å². The van der Waals surface area contributed by atoms with Crippen molar-refractivity contribution in [3.8, 4) is 34.7 Å². The van der Waals surface area contributed by atoms with E-state index in [0.29, 0.717) is 22.4 Å². The molecule has 0 aliphatic heterocycles. The molecule has 0 saturated carbocycles. The van der Waals surface area contributed by atoms with Gasteiger partial charge in [-0.25, -0.2) is 0 Å². The van der Waals surface area contributed by atoms with Crippen LogP contribution in [0.3, 0.4) is 0 Å². The lowest BCUT2D eigenvalue weighted by Crippen LogP contribution is -2.07. The smallest absolute Gasteiger partial charge is 0.169 e. The highest BCUT2D eigenvalue weighted by Gasteiger charge is 2.24. The normalized spacial score (nSPS) is 10.5. The molecule has 2 aromatic carbocycles. The number of nitrogens with zero attached hydrogens (tertiary/aromatic N) is 4. The Morgan fingerprint density at radius 3 is 2.33 bits per heavy atom. The highest BCUT2D eigenvalue weighted by atomic mass is 16.6. The lowest BCUT2D eigenvalue weighted by atomic mass is 10.00. The summed E-state index contributed by atoms with van der Waals surface area (Å²) < 4.78 is 7.09. The third-order valence-corrected chi connectivity index (χ3v) is 4.50. The zero-order valence-corrected chi connectivity index (χ0v) is 14.7. The lowest BCUT2D eigenvalue weighted by Gasteiger charge is -2.10. The monoisotopic (exact) mass is 354 g/mol. The Kier molecular flexibility index (Phi) is 3.87. The van der Waals surface area contributed by atoms with Crippen LogP contribution in [-0.4, -0.2) is 17.0 Å². The predicted molar refractivity (Wildman–Crippen MR) is 99.5 cm³/mol. The largest absolute Gasteiger partial charge is 0.416 e. The van der Waals surface area contributed by atoms with E-state index >= 15 is 0 Å². The maximum absolute atomic E-state index is 9.44. The second-order valence-corrected chi connectivity index (χ2v) is 6.08. The van der Waals surface area contributed by atoms with E-state index in [1.807, 2.05) is 31.2 Å². The second-order valence-electron chi connectivity index (χ2n) is 6.08. The van der Waals surface area contributed by atoms with Gasteiger partial charge in [-0.1, -0.05) is 35.0 Å². The van der Waals surface area contributed by atoms with E-state index in [2.05, 4.69) is 17.3 Å². The Hall–Kier alpha value is -4.03. The maximum atomic E-state index is 9.44. The first-order chi connectivity index (χ1) is 13.2. The van der Waals surface area contributed by atoms with Crippen LogP contribution in [0.5, 0.6) is 0 Å². The minimum atomic E-state index is 0.292. The van der Waals surface area contributed by atoms with Gasteiger partial charge in [-0.2, -0.15) is 15.3 Å². The molecule has 6 nitrogen and oxygen atoms in total. The molecule has 0 unspecified atom stereocenters. The van der Waals surface area contributed by atoms with Gasteiger partial charge in [-0.15, -0.1) is 0 Å². The van der Waals surface area contributed by atoms with Gasteiger partial charge in [0.15, 0.2) is 5.76 Å². The molecule has 2 heterocycles. The van der Waals surface area contributed by atoms with Gasteiger partial charge in [-0.3, -0.25) is 0 Å². The minimum absolute atomic E-state index is 0.292. The molecule has 0 N–H and O–H groups in total. The fraction of sp³-hybridized carbons (Fsp3) is 0.0952. The molecule has 0 bridgehead atoms. The fourth-order valence-electron chi connectivity index (χ4n) is 3.25. The fourth-order valence-corrected chi connectivity index (χ4v) is 3.25. The van der Waals surface area contributed by atoms with Crippen LogP contribution in [0.25, 0.3) is 33.5 Å². The van der Waals surface area contributed by atoms with Crippen molar-refractivity contribution >= 4 is 10.9 Å². The Labute approximate surface area is 155 Å². The van der Waals surface area contributed by atoms with Crippen LogP contribution in [0, 0.1) is 29.6 Å². The zero-order valence-electron chi connectivity index (χ0n) is 14.7. The van der Waals surface area contributed by atoms with Crippen molar-refractivity contribution < 1.29 is 9.36 Å². The van der Waals surface area contributed by atoms with Crippen LogP contribution in [0.4, 0.5) is 0 Å². The number of nitriles is 2. The molecule has 6 heteroatoms. The van der Waals surface area contributed by atoms with Crippen molar-refractivity contribution in [1.82, 2.24) is 9.89 Å². The van der Waals surface area contributed by atoms with E-state index in [4.69, 9.17) is 9.36 Å². The van der Waals surface area contributed by atoms with E-state index in [9.17, 15) is 10.5 Å². The minimum Gasteiger partial charge on any atom is -0.416 e. The first-order valence-electron chi connectivity index (χ1n) is 8.23. The van der Waals surface area contributed by atoms with E-state index in [-0.39, 0.29) is 0 Å². The standard InChI is InChI=1S/C21H14N4O2/c1-13-3-5-14(6-4-13)21-20(19-7-8-24-27-19)17-9-15(11-22)16(12-23)10-18(17)25(21)26-2/h3-10H,1-2H3. The average molecular weight is 354 g/mol. The molecule has 2 aromatic heterocycles. The molecule has 0 amide bonds. The maximum Gasteiger partial charge on any atom is 0.169 e. The SMILES string of the molecule is COn1c(-c2ccc(C)cc2)c(-c2ccno2)c2cc(C#N)c(C#N)cc21. The Balaban J connectivity index is 2.18. The van der Waals surface area contributed by atoms with Crippen molar-refractivity contribution in [2.24, 2.45) is 0 Å².